The Kier molecular flexibility index (Phi) is 7.69. The average molecular weight is 522 g/mol. The quantitative estimate of drug-likeness (QED) is 0.510. The Morgan fingerprint density at radius 3 is 2.78 bits per heavy atom. The number of hydrogen-bond acceptors (Lipinski definition) is 5. The molecule has 4 aliphatic rings. The van der Waals surface area contributed by atoms with E-state index in [1.165, 1.54) is 4.90 Å². The molecule has 0 radical (unpaired) electrons. The lowest BCUT2D eigenvalue weighted by atomic mass is 9.71. The molecule has 0 aromatic heterocycles. The fraction of sp³-hybridized carbons (Fsp3) is 0.600. The summed E-state index contributed by atoms with van der Waals surface area (Å²) in [6.07, 6.45) is 1.43. The Morgan fingerprint density at radius 2 is 2.11 bits per heavy atom. The number of nitrogens with one attached hydrogen (secondary N) is 3. The maximum Gasteiger partial charge on any atom is 0.255 e. The first-order valence-electron chi connectivity index (χ1n) is 12.3. The molecule has 6 atom stereocenters. The molecule has 1 saturated carbocycles. The number of carbonyl (C=O) groups is 3. The van der Waals surface area contributed by atoms with E-state index in [9.17, 15) is 28.4 Å². The summed E-state index contributed by atoms with van der Waals surface area (Å²) in [5, 5.41) is 18.4. The van der Waals surface area contributed by atoms with Crippen molar-refractivity contribution in [1.29, 1.82) is 5.26 Å². The van der Waals surface area contributed by atoms with Gasteiger partial charge in [-0.3, -0.25) is 14.4 Å². The molecule has 3 heterocycles. The second-order valence-electron chi connectivity index (χ2n) is 9.93. The van der Waals surface area contributed by atoms with Crippen LogP contribution in [0.2, 0.25) is 5.02 Å². The third kappa shape index (κ3) is 5.41. The van der Waals surface area contributed by atoms with Gasteiger partial charge in [-0.25, -0.2) is 8.78 Å². The molecule has 0 spiro atoms. The molecule has 3 aliphatic heterocycles. The fourth-order valence-electron chi connectivity index (χ4n) is 5.68. The van der Waals surface area contributed by atoms with E-state index in [4.69, 9.17) is 11.6 Å². The van der Waals surface area contributed by atoms with Crippen LogP contribution in [0.15, 0.2) is 24.3 Å². The summed E-state index contributed by atoms with van der Waals surface area (Å²) in [6, 6.07) is 4.74. The van der Waals surface area contributed by atoms with Gasteiger partial charge in [0.15, 0.2) is 0 Å². The van der Waals surface area contributed by atoms with Gasteiger partial charge in [0.1, 0.15) is 18.1 Å². The van der Waals surface area contributed by atoms with Crippen LogP contribution in [0.25, 0.3) is 0 Å². The third-order valence-corrected chi connectivity index (χ3v) is 7.66. The SMILES string of the molecule is C[C@@H](Nc1cccc(Cl)c1)C(=O)N1[C@@H]2CC[C@H]([C@@H]1C(=O)N[C@H](C#N)C[C@H]1CCCNC1=O)C(F)(F)C2. The predicted octanol–water partition coefficient (Wildman–Crippen LogP) is 3.08. The molecular formula is C25H30ClF2N5O3. The van der Waals surface area contributed by atoms with Gasteiger partial charge in [-0.05, 0) is 57.2 Å². The van der Waals surface area contributed by atoms with Crippen LogP contribution in [0.5, 0.6) is 0 Å². The first-order valence-corrected chi connectivity index (χ1v) is 12.7. The molecule has 1 aliphatic carbocycles. The van der Waals surface area contributed by atoms with Crippen LogP contribution in [0, 0.1) is 23.2 Å². The number of nitriles is 1. The van der Waals surface area contributed by atoms with Crippen LogP contribution in [0.4, 0.5) is 14.5 Å². The Hall–Kier alpha value is -2.93. The lowest BCUT2D eigenvalue weighted by Crippen LogP contribution is -2.70. The van der Waals surface area contributed by atoms with Crippen LogP contribution < -0.4 is 16.0 Å². The second-order valence-corrected chi connectivity index (χ2v) is 10.4. The monoisotopic (exact) mass is 521 g/mol. The van der Waals surface area contributed by atoms with Crippen molar-refractivity contribution in [2.45, 2.75) is 75.5 Å². The van der Waals surface area contributed by atoms with E-state index in [-0.39, 0.29) is 18.7 Å². The van der Waals surface area contributed by atoms with Crippen LogP contribution in [0.1, 0.15) is 45.4 Å². The number of hydrogen-bond donors (Lipinski definition) is 3. The van der Waals surface area contributed by atoms with E-state index >= 15 is 0 Å². The molecule has 11 heteroatoms. The van der Waals surface area contributed by atoms with E-state index < -0.39 is 60.2 Å². The number of piperidine rings is 3. The van der Waals surface area contributed by atoms with E-state index in [1.807, 2.05) is 6.07 Å². The summed E-state index contributed by atoms with van der Waals surface area (Å²) in [4.78, 5) is 40.3. The number of rotatable bonds is 7. The molecule has 1 aromatic rings. The number of amides is 3. The van der Waals surface area contributed by atoms with Crippen molar-refractivity contribution >= 4 is 35.0 Å². The van der Waals surface area contributed by atoms with E-state index in [0.717, 1.165) is 6.42 Å². The molecule has 3 saturated heterocycles. The van der Waals surface area contributed by atoms with Gasteiger partial charge >= 0.3 is 0 Å². The Morgan fingerprint density at radius 1 is 1.33 bits per heavy atom. The van der Waals surface area contributed by atoms with Crippen molar-refractivity contribution in [3.05, 3.63) is 29.3 Å². The highest BCUT2D eigenvalue weighted by atomic mass is 35.5. The van der Waals surface area contributed by atoms with Gasteiger partial charge in [0, 0.05) is 35.6 Å². The van der Waals surface area contributed by atoms with E-state index in [0.29, 0.717) is 30.1 Å². The molecule has 36 heavy (non-hydrogen) atoms. The molecule has 5 rings (SSSR count). The van der Waals surface area contributed by atoms with Crippen LogP contribution in [-0.4, -0.2) is 59.3 Å². The number of carbonyl (C=O) groups excluding carboxylic acids is 3. The number of fused-ring (bicyclic) bond motifs is 3. The zero-order valence-corrected chi connectivity index (χ0v) is 20.7. The van der Waals surface area contributed by atoms with Gasteiger partial charge in [0.25, 0.3) is 5.92 Å². The molecule has 1 aromatic carbocycles. The summed E-state index contributed by atoms with van der Waals surface area (Å²) in [7, 11) is 0. The minimum absolute atomic E-state index is 0.0892. The zero-order valence-electron chi connectivity index (χ0n) is 20.0. The fourth-order valence-corrected chi connectivity index (χ4v) is 5.87. The second kappa shape index (κ2) is 10.6. The largest absolute Gasteiger partial charge is 0.374 e. The van der Waals surface area contributed by atoms with Crippen LogP contribution in [-0.2, 0) is 14.4 Å². The lowest BCUT2D eigenvalue weighted by Gasteiger charge is -2.54. The summed E-state index contributed by atoms with van der Waals surface area (Å²) in [6.45, 7) is 2.18. The molecule has 3 N–H and O–H groups in total. The predicted molar refractivity (Wildman–Crippen MR) is 129 cm³/mol. The highest BCUT2D eigenvalue weighted by Crippen LogP contribution is 2.49. The summed E-state index contributed by atoms with van der Waals surface area (Å²) in [5.74, 6) is -6.32. The molecule has 0 unspecified atom stereocenters. The summed E-state index contributed by atoms with van der Waals surface area (Å²) in [5.41, 5.74) is 0.590. The number of halogens is 3. The van der Waals surface area contributed by atoms with Gasteiger partial charge in [-0.2, -0.15) is 5.26 Å². The minimum atomic E-state index is -3.10. The first kappa shape index (κ1) is 26.1. The van der Waals surface area contributed by atoms with Crippen molar-refractivity contribution in [1.82, 2.24) is 15.5 Å². The Balaban J connectivity index is 1.52. The van der Waals surface area contributed by atoms with Gasteiger partial charge < -0.3 is 20.9 Å². The van der Waals surface area contributed by atoms with Crippen molar-refractivity contribution < 1.29 is 23.2 Å². The molecular weight excluding hydrogens is 492 g/mol. The highest BCUT2D eigenvalue weighted by Gasteiger charge is 2.60. The maximum atomic E-state index is 14.9. The summed E-state index contributed by atoms with van der Waals surface area (Å²) < 4.78 is 29.8. The minimum Gasteiger partial charge on any atom is -0.374 e. The smallest absolute Gasteiger partial charge is 0.255 e. The van der Waals surface area contributed by atoms with Crippen LogP contribution in [0.3, 0.4) is 0 Å². The van der Waals surface area contributed by atoms with E-state index in [2.05, 4.69) is 16.0 Å². The first-order chi connectivity index (χ1) is 17.1. The van der Waals surface area contributed by atoms with Crippen LogP contribution >= 0.6 is 11.6 Å². The third-order valence-electron chi connectivity index (χ3n) is 7.43. The Bertz CT molecular complexity index is 1060. The normalized spacial score (nSPS) is 28.4. The average Bonchev–Trinajstić information content (AvgIpc) is 2.83. The van der Waals surface area contributed by atoms with Gasteiger partial charge in [-0.1, -0.05) is 17.7 Å². The molecule has 3 amide bonds. The lowest BCUT2D eigenvalue weighted by molar-refractivity contribution is -0.194. The Labute approximate surface area is 213 Å². The molecule has 8 nitrogen and oxygen atoms in total. The molecule has 194 valence electrons. The van der Waals surface area contributed by atoms with Gasteiger partial charge in [-0.15, -0.1) is 0 Å². The van der Waals surface area contributed by atoms with Crippen molar-refractivity contribution in [2.75, 3.05) is 11.9 Å². The number of nitrogens with zero attached hydrogens (tertiary/aromatic N) is 2. The van der Waals surface area contributed by atoms with Gasteiger partial charge in [0.05, 0.1) is 12.0 Å². The van der Waals surface area contributed by atoms with Gasteiger partial charge in [0.2, 0.25) is 17.7 Å². The standard InChI is InChI=1S/C25H30ClF2N5O3/c1-14(31-17-6-2-5-16(26)11-17)24(36)33-19-7-8-20(25(27,28)12-19)21(33)23(35)32-18(13-29)10-15-4-3-9-30-22(15)34/h2,5-6,11,14-15,18-21,31H,3-4,7-10,12H2,1H3,(H,30,34)(H,32,35)/t14-,15-,18+,19-,20-,21-/m1/s1. The molecule has 2 bridgehead atoms. The number of anilines is 1. The topological polar surface area (TPSA) is 114 Å². The zero-order chi connectivity index (χ0) is 26.0. The number of alkyl halides is 2. The van der Waals surface area contributed by atoms with Crippen molar-refractivity contribution in [2.24, 2.45) is 11.8 Å². The molecule has 4 fully saturated rings. The van der Waals surface area contributed by atoms with E-state index in [1.54, 1.807) is 31.2 Å². The maximum absolute atomic E-state index is 14.9. The summed E-state index contributed by atoms with van der Waals surface area (Å²) >= 11 is 6.02. The van der Waals surface area contributed by atoms with Crippen molar-refractivity contribution in [3.8, 4) is 6.07 Å². The number of benzene rings is 1. The van der Waals surface area contributed by atoms with Crippen molar-refractivity contribution in [3.63, 3.8) is 0 Å². The highest BCUT2D eigenvalue weighted by molar-refractivity contribution is 6.30.